The summed E-state index contributed by atoms with van der Waals surface area (Å²) in [4.78, 5) is 0. The molecule has 104 valence electrons. The highest BCUT2D eigenvalue weighted by Gasteiger charge is 2.20. The topological polar surface area (TPSA) is 20.2 Å². The zero-order chi connectivity index (χ0) is 14.1. The first-order chi connectivity index (χ1) is 9.65. The van der Waals surface area contributed by atoms with E-state index in [0.29, 0.717) is 0 Å². The van der Waals surface area contributed by atoms with Gasteiger partial charge in [0.2, 0.25) is 0 Å². The Morgan fingerprint density at radius 2 is 1.70 bits per heavy atom. The molecule has 0 spiro atoms. The van der Waals surface area contributed by atoms with E-state index in [-0.39, 0.29) is 0 Å². The summed E-state index contributed by atoms with van der Waals surface area (Å²) in [5.41, 5.74) is 3.23. The number of aliphatic hydroxyl groups is 1. The summed E-state index contributed by atoms with van der Waals surface area (Å²) in [5, 5.41) is 10.5. The predicted octanol–water partition coefficient (Wildman–Crippen LogP) is 5.56. The third kappa shape index (κ3) is 2.85. The Kier molecular flexibility index (Phi) is 4.29. The van der Waals surface area contributed by atoms with Crippen molar-refractivity contribution in [2.24, 2.45) is 0 Å². The smallest absolute Gasteiger partial charge is 0.105 e. The Labute approximate surface area is 136 Å². The van der Waals surface area contributed by atoms with Gasteiger partial charge in [0, 0.05) is 14.5 Å². The second kappa shape index (κ2) is 6.00. The number of halogens is 2. The summed E-state index contributed by atoms with van der Waals surface area (Å²) in [5.74, 6) is 0.735. The molecule has 1 aliphatic rings. The van der Waals surface area contributed by atoms with Crippen LogP contribution < -0.4 is 0 Å². The second-order valence-corrected chi connectivity index (χ2v) is 7.13. The minimum Gasteiger partial charge on any atom is -0.384 e. The molecule has 1 N–H and O–H groups in total. The van der Waals surface area contributed by atoms with Crippen molar-refractivity contribution in [1.29, 1.82) is 0 Å². The van der Waals surface area contributed by atoms with Crippen LogP contribution in [0.25, 0.3) is 0 Å². The first-order valence-corrected chi connectivity index (χ1v) is 8.46. The van der Waals surface area contributed by atoms with E-state index in [1.807, 2.05) is 30.3 Å². The van der Waals surface area contributed by atoms with Gasteiger partial charge in [-0.15, -0.1) is 0 Å². The van der Waals surface area contributed by atoms with Crippen LogP contribution in [-0.2, 0) is 0 Å². The van der Waals surface area contributed by atoms with Crippen LogP contribution in [0.4, 0.5) is 0 Å². The van der Waals surface area contributed by atoms with Crippen LogP contribution in [0.2, 0.25) is 0 Å². The maximum absolute atomic E-state index is 10.5. The lowest BCUT2D eigenvalue weighted by Crippen LogP contribution is -2.09. The van der Waals surface area contributed by atoms with Crippen LogP contribution >= 0.6 is 31.9 Å². The first kappa shape index (κ1) is 14.3. The van der Waals surface area contributed by atoms with Crippen LogP contribution in [0, 0.1) is 0 Å². The minimum absolute atomic E-state index is 0.600. The fourth-order valence-corrected chi connectivity index (χ4v) is 3.44. The number of benzene rings is 2. The second-order valence-electron chi connectivity index (χ2n) is 5.36. The average molecular weight is 396 g/mol. The lowest BCUT2D eigenvalue weighted by atomic mass is 9.80. The van der Waals surface area contributed by atoms with E-state index in [4.69, 9.17) is 0 Å². The normalized spacial score (nSPS) is 16.8. The Bertz CT molecular complexity index is 603. The highest BCUT2D eigenvalue weighted by atomic mass is 79.9. The van der Waals surface area contributed by atoms with Gasteiger partial charge in [-0.25, -0.2) is 0 Å². The number of rotatable bonds is 3. The SMILES string of the molecule is OC(c1ccc(C2CCC2)cc1)c1cc(Br)ccc1Br. The molecule has 3 rings (SSSR count). The van der Waals surface area contributed by atoms with E-state index in [0.717, 1.165) is 26.0 Å². The molecule has 1 unspecified atom stereocenters. The molecule has 0 aromatic heterocycles. The van der Waals surface area contributed by atoms with Gasteiger partial charge in [0.25, 0.3) is 0 Å². The summed E-state index contributed by atoms with van der Waals surface area (Å²) in [6, 6.07) is 14.3. The van der Waals surface area contributed by atoms with E-state index in [1.54, 1.807) is 0 Å². The van der Waals surface area contributed by atoms with Crippen LogP contribution in [-0.4, -0.2) is 5.11 Å². The van der Waals surface area contributed by atoms with Gasteiger partial charge in [0.15, 0.2) is 0 Å². The molecule has 3 heteroatoms. The molecule has 0 heterocycles. The molecule has 2 aromatic rings. The largest absolute Gasteiger partial charge is 0.384 e. The molecule has 0 aliphatic heterocycles. The van der Waals surface area contributed by atoms with Gasteiger partial charge >= 0.3 is 0 Å². The van der Waals surface area contributed by atoms with E-state index in [2.05, 4.69) is 44.0 Å². The highest BCUT2D eigenvalue weighted by molar-refractivity contribution is 9.11. The van der Waals surface area contributed by atoms with Crippen LogP contribution in [0.3, 0.4) is 0 Å². The maximum atomic E-state index is 10.5. The maximum Gasteiger partial charge on any atom is 0.105 e. The van der Waals surface area contributed by atoms with Crippen LogP contribution in [0.5, 0.6) is 0 Å². The van der Waals surface area contributed by atoms with Crippen molar-refractivity contribution >= 4 is 31.9 Å². The molecular weight excluding hydrogens is 380 g/mol. The molecule has 0 bridgehead atoms. The first-order valence-electron chi connectivity index (χ1n) is 6.88. The summed E-state index contributed by atoms with van der Waals surface area (Å²) < 4.78 is 1.90. The molecule has 1 fully saturated rings. The summed E-state index contributed by atoms with van der Waals surface area (Å²) in [7, 11) is 0. The molecule has 1 aliphatic carbocycles. The Morgan fingerprint density at radius 3 is 2.30 bits per heavy atom. The third-order valence-electron chi connectivity index (χ3n) is 4.08. The van der Waals surface area contributed by atoms with Gasteiger partial charge in [-0.3, -0.25) is 0 Å². The van der Waals surface area contributed by atoms with Gasteiger partial charge in [0.1, 0.15) is 6.10 Å². The lowest BCUT2D eigenvalue weighted by Gasteiger charge is -2.26. The van der Waals surface area contributed by atoms with Gasteiger partial charge in [-0.2, -0.15) is 0 Å². The predicted molar refractivity (Wildman–Crippen MR) is 88.9 cm³/mol. The summed E-state index contributed by atoms with van der Waals surface area (Å²) in [6.07, 6.45) is 3.36. The van der Waals surface area contributed by atoms with Gasteiger partial charge < -0.3 is 5.11 Å². The zero-order valence-corrected chi connectivity index (χ0v) is 14.2. The fourth-order valence-electron chi connectivity index (χ4n) is 2.60. The molecule has 1 saturated carbocycles. The average Bonchev–Trinajstić information content (AvgIpc) is 2.40. The van der Waals surface area contributed by atoms with E-state index in [1.165, 1.54) is 24.8 Å². The van der Waals surface area contributed by atoms with E-state index >= 15 is 0 Å². The number of aliphatic hydroxyl groups excluding tert-OH is 1. The molecule has 0 saturated heterocycles. The highest BCUT2D eigenvalue weighted by Crippen LogP contribution is 2.37. The summed E-state index contributed by atoms with van der Waals surface area (Å²) in [6.45, 7) is 0. The van der Waals surface area contributed by atoms with E-state index < -0.39 is 6.10 Å². The molecule has 2 aromatic carbocycles. The Balaban J connectivity index is 1.85. The molecule has 1 nitrogen and oxygen atoms in total. The van der Waals surface area contributed by atoms with Crippen molar-refractivity contribution in [3.63, 3.8) is 0 Å². The molecule has 20 heavy (non-hydrogen) atoms. The van der Waals surface area contributed by atoms with E-state index in [9.17, 15) is 5.11 Å². The Hall–Kier alpha value is -0.640. The fraction of sp³-hybridized carbons (Fsp3) is 0.294. The lowest BCUT2D eigenvalue weighted by molar-refractivity contribution is 0.219. The van der Waals surface area contributed by atoms with Crippen molar-refractivity contribution in [2.75, 3.05) is 0 Å². The van der Waals surface area contributed by atoms with Gasteiger partial charge in [0.05, 0.1) is 0 Å². The Morgan fingerprint density at radius 1 is 1.00 bits per heavy atom. The zero-order valence-electron chi connectivity index (χ0n) is 11.0. The van der Waals surface area contributed by atoms with Crippen molar-refractivity contribution in [2.45, 2.75) is 31.3 Å². The van der Waals surface area contributed by atoms with Gasteiger partial charge in [-0.1, -0.05) is 62.5 Å². The molecule has 1 atom stereocenters. The molecule has 0 amide bonds. The minimum atomic E-state index is -0.600. The van der Waals surface area contributed by atoms with Crippen molar-refractivity contribution in [3.8, 4) is 0 Å². The van der Waals surface area contributed by atoms with Crippen LogP contribution in [0.1, 0.15) is 48.0 Å². The van der Waals surface area contributed by atoms with Crippen molar-refractivity contribution in [3.05, 3.63) is 68.1 Å². The molecular formula is C17H16Br2O. The van der Waals surface area contributed by atoms with Gasteiger partial charge in [-0.05, 0) is 48.1 Å². The summed E-state index contributed by atoms with van der Waals surface area (Å²) >= 11 is 6.96. The van der Waals surface area contributed by atoms with Crippen LogP contribution in [0.15, 0.2) is 51.4 Å². The third-order valence-corrected chi connectivity index (χ3v) is 5.30. The number of hydrogen-bond acceptors (Lipinski definition) is 1. The standard InChI is InChI=1S/C17H16Br2O/c18-14-8-9-16(19)15(10-14)17(20)13-6-4-12(5-7-13)11-2-1-3-11/h4-11,17,20H,1-3H2. The van der Waals surface area contributed by atoms with Crippen molar-refractivity contribution in [1.82, 2.24) is 0 Å². The monoisotopic (exact) mass is 394 g/mol. The quantitative estimate of drug-likeness (QED) is 0.721. The van der Waals surface area contributed by atoms with Crippen molar-refractivity contribution < 1.29 is 5.11 Å². The number of hydrogen-bond donors (Lipinski definition) is 1. The molecule has 0 radical (unpaired) electrons.